The van der Waals surface area contributed by atoms with E-state index in [0.29, 0.717) is 0 Å². The van der Waals surface area contributed by atoms with Crippen molar-refractivity contribution in [3.63, 3.8) is 0 Å². The number of benzene rings is 4. The number of hydrogen-bond donors (Lipinski definition) is 1. The van der Waals surface area contributed by atoms with Gasteiger partial charge < -0.3 is 28.5 Å². The second-order valence-electron chi connectivity index (χ2n) is 13.4. The van der Waals surface area contributed by atoms with E-state index in [-0.39, 0.29) is 17.1 Å². The minimum Gasteiger partial charge on any atom is -0.497 e. The van der Waals surface area contributed by atoms with E-state index in [1.54, 1.807) is 28.4 Å². The summed E-state index contributed by atoms with van der Waals surface area (Å²) in [5.74, 6) is 3.06. The van der Waals surface area contributed by atoms with E-state index in [1.165, 1.54) is 0 Å². The van der Waals surface area contributed by atoms with Crippen LogP contribution in [0.15, 0.2) is 127 Å². The topological polar surface area (TPSA) is 83.4 Å². The van der Waals surface area contributed by atoms with E-state index in [2.05, 4.69) is 107 Å². The number of H-pyrrole nitrogens is 1. The molecule has 3 aromatic heterocycles. The summed E-state index contributed by atoms with van der Waals surface area (Å²) in [6, 6.07) is 43.3. The summed E-state index contributed by atoms with van der Waals surface area (Å²) in [6.45, 7) is 0. The van der Waals surface area contributed by atoms with Gasteiger partial charge in [0.25, 0.3) is 0 Å². The van der Waals surface area contributed by atoms with Gasteiger partial charge in [0, 0.05) is 50.5 Å². The molecule has 0 saturated carbocycles. The Hall–Kier alpha value is -6.80. The van der Waals surface area contributed by atoms with Gasteiger partial charge in [-0.3, -0.25) is 0 Å². The zero-order valence-electron chi connectivity index (χ0n) is 31.8. The Bertz CT molecular complexity index is 2820. The Kier molecular flexibility index (Phi) is 10.3. The third-order valence-electron chi connectivity index (χ3n) is 10.1. The van der Waals surface area contributed by atoms with E-state index in [4.69, 9.17) is 28.9 Å². The van der Waals surface area contributed by atoms with Gasteiger partial charge in [0.05, 0.1) is 62.2 Å². The molecule has 0 saturated heterocycles. The smallest absolute Gasteiger partial charge is 0.119 e. The molecule has 2 aliphatic rings. The number of aromatic nitrogens is 4. The summed E-state index contributed by atoms with van der Waals surface area (Å²) < 4.78 is 24.9. The van der Waals surface area contributed by atoms with Gasteiger partial charge in [-0.15, -0.1) is 0 Å². The predicted molar refractivity (Wildman–Crippen MR) is 226 cm³/mol. The van der Waals surface area contributed by atoms with Gasteiger partial charge in [0.15, 0.2) is 0 Å². The second kappa shape index (κ2) is 15.7. The monoisotopic (exact) mass is 790 g/mol. The maximum Gasteiger partial charge on any atom is 0.119 e. The zero-order valence-corrected chi connectivity index (χ0v) is 32.9. The number of aromatic amines is 1. The summed E-state index contributed by atoms with van der Waals surface area (Å²) in [5.41, 5.74) is 14.0. The van der Waals surface area contributed by atoms with Gasteiger partial charge in [-0.25, -0.2) is 9.97 Å². The molecule has 0 amide bonds. The molecular weight excluding hydrogens is 752 g/mol. The molecule has 8 bridgehead atoms. The Morgan fingerprint density at radius 1 is 0.439 bits per heavy atom. The van der Waals surface area contributed by atoms with Crippen molar-refractivity contribution >= 4 is 46.4 Å². The summed E-state index contributed by atoms with van der Waals surface area (Å²) in [5, 5.41) is 0. The van der Waals surface area contributed by atoms with Gasteiger partial charge in [-0.2, -0.15) is 0 Å². The fourth-order valence-electron chi connectivity index (χ4n) is 7.43. The van der Waals surface area contributed by atoms with E-state index >= 15 is 0 Å². The molecular formula is C48H38FeN4O4. The van der Waals surface area contributed by atoms with E-state index in [0.717, 1.165) is 107 Å². The van der Waals surface area contributed by atoms with Crippen molar-refractivity contribution in [3.05, 3.63) is 150 Å². The normalized spacial score (nSPS) is 11.6. The number of hydrogen-bond acceptors (Lipinski definition) is 6. The standard InChI is InChI=1S/C48H38N4O4.Fe/c1-53-39-18-5-30(6-19-39)45-43-26-15-36(51-43)28-35-12-11-33(49-35)27-34-13-14-37(50-34)29-44-46(31-7-20-40(54-2)21-8-31)47(32-9-22-41(55-3)23-10-32)48(45)52(44)38-16-24-42(56-4)25-17-38;/h5-29,49H,1-4H3;. The van der Waals surface area contributed by atoms with Crippen molar-refractivity contribution in [2.45, 2.75) is 0 Å². The molecule has 0 unspecified atom stereocenters. The van der Waals surface area contributed by atoms with Crippen LogP contribution >= 0.6 is 0 Å². The van der Waals surface area contributed by atoms with Crippen LogP contribution in [0.5, 0.6) is 23.0 Å². The van der Waals surface area contributed by atoms with Crippen molar-refractivity contribution in [3.8, 4) is 62.1 Å². The Morgan fingerprint density at radius 2 is 0.860 bits per heavy atom. The third-order valence-corrected chi connectivity index (χ3v) is 10.1. The molecule has 282 valence electrons. The van der Waals surface area contributed by atoms with Crippen LogP contribution in [0.3, 0.4) is 0 Å². The van der Waals surface area contributed by atoms with Crippen LogP contribution in [-0.4, -0.2) is 48.0 Å². The molecule has 1 N–H and O–H groups in total. The molecule has 57 heavy (non-hydrogen) atoms. The van der Waals surface area contributed by atoms with Crippen LogP contribution in [0.2, 0.25) is 0 Å². The molecule has 7 aromatic rings. The predicted octanol–water partition coefficient (Wildman–Crippen LogP) is 11.2. The van der Waals surface area contributed by atoms with Gasteiger partial charge in [0.2, 0.25) is 0 Å². The van der Waals surface area contributed by atoms with E-state index in [9.17, 15) is 0 Å². The average Bonchev–Trinajstić information content (AvgIpc) is 4.06. The average molecular weight is 791 g/mol. The molecule has 9 heteroatoms. The number of fused-ring (bicyclic) bond motifs is 8. The summed E-state index contributed by atoms with van der Waals surface area (Å²) in [6.07, 6.45) is 8.28. The molecule has 8 nitrogen and oxygen atoms in total. The first-order valence-corrected chi connectivity index (χ1v) is 18.3. The molecule has 0 radical (unpaired) electrons. The first-order valence-electron chi connectivity index (χ1n) is 18.3. The first-order chi connectivity index (χ1) is 27.5. The van der Waals surface area contributed by atoms with Crippen molar-refractivity contribution in [1.82, 2.24) is 19.5 Å². The quantitative estimate of drug-likeness (QED) is 0.154. The third kappa shape index (κ3) is 7.11. The molecule has 5 heterocycles. The van der Waals surface area contributed by atoms with Gasteiger partial charge >= 0.3 is 0 Å². The van der Waals surface area contributed by atoms with Crippen LogP contribution in [-0.2, 0) is 17.1 Å². The minimum absolute atomic E-state index is 0. The van der Waals surface area contributed by atoms with Crippen LogP contribution in [0, 0.1) is 0 Å². The minimum atomic E-state index is 0. The van der Waals surface area contributed by atoms with Gasteiger partial charge in [0.1, 0.15) is 23.0 Å². The summed E-state index contributed by atoms with van der Waals surface area (Å²) in [7, 11) is 6.74. The number of rotatable bonds is 8. The molecule has 0 spiro atoms. The van der Waals surface area contributed by atoms with Crippen LogP contribution in [0.25, 0.3) is 85.4 Å². The molecule has 9 rings (SSSR count). The van der Waals surface area contributed by atoms with Crippen molar-refractivity contribution in [2.24, 2.45) is 0 Å². The Labute approximate surface area is 341 Å². The first kappa shape index (κ1) is 37.1. The Balaban J connectivity index is 0.00000455. The SMILES string of the molecule is COc1ccc(-c2c(-c3ccc(OC)cc3)c3c(-c4ccc(OC)cc4)c4nc(cc5ccc(cc6nc(cc2n3-c2ccc(OC)cc2)C=C6)[nH]5)C=C4)cc1.[Fe]. The van der Waals surface area contributed by atoms with Gasteiger partial charge in [-0.1, -0.05) is 36.4 Å². The van der Waals surface area contributed by atoms with Crippen LogP contribution < -0.4 is 18.9 Å². The zero-order chi connectivity index (χ0) is 38.2. The molecule has 0 fully saturated rings. The molecule has 0 aliphatic carbocycles. The fraction of sp³-hybridized carbons (Fsp3) is 0.0833. The largest absolute Gasteiger partial charge is 0.497 e. The van der Waals surface area contributed by atoms with Crippen molar-refractivity contribution in [2.75, 3.05) is 28.4 Å². The number of methoxy groups -OCH3 is 4. The van der Waals surface area contributed by atoms with Crippen molar-refractivity contribution in [1.29, 1.82) is 0 Å². The maximum absolute atomic E-state index is 5.65. The molecule has 4 aromatic carbocycles. The van der Waals surface area contributed by atoms with Crippen LogP contribution in [0.4, 0.5) is 0 Å². The fourth-order valence-corrected chi connectivity index (χ4v) is 7.43. The maximum atomic E-state index is 5.65. The molecule has 2 aliphatic heterocycles. The summed E-state index contributed by atoms with van der Waals surface area (Å²) in [4.78, 5) is 14.0. The summed E-state index contributed by atoms with van der Waals surface area (Å²) >= 11 is 0. The van der Waals surface area contributed by atoms with Crippen LogP contribution in [0.1, 0.15) is 22.8 Å². The van der Waals surface area contributed by atoms with E-state index in [1.807, 2.05) is 54.6 Å². The van der Waals surface area contributed by atoms with E-state index < -0.39 is 0 Å². The van der Waals surface area contributed by atoms with Gasteiger partial charge in [-0.05, 0) is 132 Å². The Morgan fingerprint density at radius 3 is 1.37 bits per heavy atom. The van der Waals surface area contributed by atoms with Crippen molar-refractivity contribution < 1.29 is 36.0 Å². The molecule has 0 atom stereocenters. The second-order valence-corrected chi connectivity index (χ2v) is 13.4. The number of nitrogens with zero attached hydrogens (tertiary/aromatic N) is 3. The number of nitrogens with one attached hydrogen (secondary N) is 1. The number of ether oxygens (including phenoxy) is 4.